The van der Waals surface area contributed by atoms with Crippen molar-refractivity contribution >= 4 is 0 Å². The number of hydrogen-bond acceptors (Lipinski definition) is 3. The molecule has 0 aromatic heterocycles. The Morgan fingerprint density at radius 3 is 2.70 bits per heavy atom. The molecule has 0 saturated heterocycles. The zero-order chi connectivity index (χ0) is 14.8. The van der Waals surface area contributed by atoms with Gasteiger partial charge >= 0.3 is 0 Å². The van der Waals surface area contributed by atoms with E-state index in [1.54, 1.807) is 12.1 Å². The van der Waals surface area contributed by atoms with Crippen LogP contribution in [-0.4, -0.2) is 43.8 Å². The minimum atomic E-state index is -0.180. The van der Waals surface area contributed by atoms with Crippen LogP contribution in [0.25, 0.3) is 0 Å². The van der Waals surface area contributed by atoms with Gasteiger partial charge in [0.15, 0.2) is 0 Å². The van der Waals surface area contributed by atoms with Crippen LogP contribution in [0, 0.1) is 5.82 Å². The van der Waals surface area contributed by atoms with Crippen LogP contribution in [0.1, 0.15) is 37.3 Å². The van der Waals surface area contributed by atoms with Crippen LogP contribution < -0.4 is 5.32 Å². The van der Waals surface area contributed by atoms with Crippen LogP contribution in [0.2, 0.25) is 0 Å². The second-order valence-corrected chi connectivity index (χ2v) is 5.27. The number of aliphatic hydroxyl groups excluding tert-OH is 1. The van der Waals surface area contributed by atoms with Crippen molar-refractivity contribution in [3.63, 3.8) is 0 Å². The third-order valence-corrected chi connectivity index (χ3v) is 3.60. The lowest BCUT2D eigenvalue weighted by molar-refractivity contribution is 0.269. The van der Waals surface area contributed by atoms with Crippen molar-refractivity contribution in [1.82, 2.24) is 10.2 Å². The third kappa shape index (κ3) is 6.46. The van der Waals surface area contributed by atoms with Crippen LogP contribution in [0.4, 0.5) is 4.39 Å². The molecule has 1 atom stereocenters. The Kier molecular flexibility index (Phi) is 8.42. The SMILES string of the molecule is CNC(CCN(C)CCCCCO)c1cccc(F)c1. The average molecular weight is 282 g/mol. The molecule has 0 aliphatic heterocycles. The summed E-state index contributed by atoms with van der Waals surface area (Å²) in [6.07, 6.45) is 4.02. The first kappa shape index (κ1) is 17.1. The highest BCUT2D eigenvalue weighted by molar-refractivity contribution is 5.20. The molecule has 2 N–H and O–H groups in total. The second-order valence-electron chi connectivity index (χ2n) is 5.27. The van der Waals surface area contributed by atoms with Gasteiger partial charge in [-0.3, -0.25) is 0 Å². The Labute approximate surface area is 121 Å². The lowest BCUT2D eigenvalue weighted by atomic mass is 10.0. The molecule has 1 rings (SSSR count). The van der Waals surface area contributed by atoms with E-state index in [-0.39, 0.29) is 18.5 Å². The Bertz CT molecular complexity index is 373. The van der Waals surface area contributed by atoms with Gasteiger partial charge in [-0.25, -0.2) is 4.39 Å². The molecule has 114 valence electrons. The summed E-state index contributed by atoms with van der Waals surface area (Å²) in [4.78, 5) is 2.29. The Balaban J connectivity index is 2.34. The van der Waals surface area contributed by atoms with E-state index in [1.165, 1.54) is 6.07 Å². The first-order chi connectivity index (χ1) is 9.67. The fourth-order valence-corrected chi connectivity index (χ4v) is 2.33. The van der Waals surface area contributed by atoms with Crippen LogP contribution in [-0.2, 0) is 0 Å². The monoisotopic (exact) mass is 282 g/mol. The molecule has 0 amide bonds. The normalized spacial score (nSPS) is 12.8. The van der Waals surface area contributed by atoms with E-state index in [1.807, 2.05) is 13.1 Å². The molecule has 0 fully saturated rings. The maximum absolute atomic E-state index is 13.2. The highest BCUT2D eigenvalue weighted by atomic mass is 19.1. The molecule has 20 heavy (non-hydrogen) atoms. The van der Waals surface area contributed by atoms with Gasteiger partial charge in [-0.1, -0.05) is 12.1 Å². The summed E-state index contributed by atoms with van der Waals surface area (Å²) in [5.41, 5.74) is 1.00. The molecule has 0 saturated carbocycles. The van der Waals surface area contributed by atoms with Gasteiger partial charge in [-0.15, -0.1) is 0 Å². The van der Waals surface area contributed by atoms with Crippen molar-refractivity contribution in [1.29, 1.82) is 0 Å². The number of benzene rings is 1. The first-order valence-corrected chi connectivity index (χ1v) is 7.39. The summed E-state index contributed by atoms with van der Waals surface area (Å²) in [6, 6.07) is 6.98. The van der Waals surface area contributed by atoms with E-state index >= 15 is 0 Å². The van der Waals surface area contributed by atoms with Gasteiger partial charge in [0.2, 0.25) is 0 Å². The number of unbranched alkanes of at least 4 members (excludes halogenated alkanes) is 2. The maximum atomic E-state index is 13.2. The molecule has 0 radical (unpaired) electrons. The molecule has 0 aliphatic carbocycles. The highest BCUT2D eigenvalue weighted by Gasteiger charge is 2.10. The summed E-state index contributed by atoms with van der Waals surface area (Å²) in [5, 5.41) is 12.0. The largest absolute Gasteiger partial charge is 0.396 e. The summed E-state index contributed by atoms with van der Waals surface area (Å²) >= 11 is 0. The third-order valence-electron chi connectivity index (χ3n) is 3.60. The second kappa shape index (κ2) is 9.86. The van der Waals surface area contributed by atoms with Crippen LogP contribution >= 0.6 is 0 Å². The average Bonchev–Trinajstić information content (AvgIpc) is 2.44. The molecule has 0 spiro atoms. The molecule has 1 unspecified atom stereocenters. The summed E-state index contributed by atoms with van der Waals surface area (Å²) in [7, 11) is 4.02. The van der Waals surface area contributed by atoms with Crippen LogP contribution in [0.15, 0.2) is 24.3 Å². The van der Waals surface area contributed by atoms with E-state index in [0.29, 0.717) is 0 Å². The van der Waals surface area contributed by atoms with Gasteiger partial charge in [0.1, 0.15) is 5.82 Å². The zero-order valence-corrected chi connectivity index (χ0v) is 12.6. The molecule has 4 heteroatoms. The van der Waals surface area contributed by atoms with Gasteiger partial charge in [-0.2, -0.15) is 0 Å². The van der Waals surface area contributed by atoms with Crippen molar-refractivity contribution < 1.29 is 9.50 Å². The maximum Gasteiger partial charge on any atom is 0.123 e. The predicted molar refractivity (Wildman–Crippen MR) is 81.3 cm³/mol. The van der Waals surface area contributed by atoms with Gasteiger partial charge in [0, 0.05) is 12.6 Å². The van der Waals surface area contributed by atoms with Gasteiger partial charge in [0.25, 0.3) is 0 Å². The van der Waals surface area contributed by atoms with Crippen molar-refractivity contribution in [2.75, 3.05) is 33.8 Å². The minimum Gasteiger partial charge on any atom is -0.396 e. The van der Waals surface area contributed by atoms with Crippen molar-refractivity contribution in [2.24, 2.45) is 0 Å². The molecular formula is C16H27FN2O. The topological polar surface area (TPSA) is 35.5 Å². The first-order valence-electron chi connectivity index (χ1n) is 7.39. The molecule has 0 heterocycles. The van der Waals surface area contributed by atoms with Gasteiger partial charge in [-0.05, 0) is 70.6 Å². The number of nitrogens with zero attached hydrogens (tertiary/aromatic N) is 1. The summed E-state index contributed by atoms with van der Waals surface area (Å²) in [6.45, 7) is 2.30. The fraction of sp³-hybridized carbons (Fsp3) is 0.625. The standard InChI is InChI=1S/C16H27FN2O/c1-18-16(14-7-6-8-15(17)13-14)9-11-19(2)10-4-3-5-12-20/h6-8,13,16,18,20H,3-5,9-12H2,1-2H3. The Hall–Kier alpha value is -0.970. The molecule has 1 aromatic rings. The van der Waals surface area contributed by atoms with E-state index in [4.69, 9.17) is 5.11 Å². The van der Waals surface area contributed by atoms with Crippen molar-refractivity contribution in [2.45, 2.75) is 31.7 Å². The van der Waals surface area contributed by atoms with Gasteiger partial charge in [0.05, 0.1) is 0 Å². The minimum absolute atomic E-state index is 0.180. The van der Waals surface area contributed by atoms with E-state index in [0.717, 1.165) is 44.3 Å². The number of rotatable bonds is 10. The van der Waals surface area contributed by atoms with Crippen molar-refractivity contribution in [3.05, 3.63) is 35.6 Å². The number of halogens is 1. The zero-order valence-electron chi connectivity index (χ0n) is 12.6. The molecule has 0 bridgehead atoms. The molecule has 0 aliphatic rings. The van der Waals surface area contributed by atoms with E-state index < -0.39 is 0 Å². The van der Waals surface area contributed by atoms with Crippen LogP contribution in [0.5, 0.6) is 0 Å². The highest BCUT2D eigenvalue weighted by Crippen LogP contribution is 2.17. The Morgan fingerprint density at radius 2 is 2.05 bits per heavy atom. The summed E-state index contributed by atoms with van der Waals surface area (Å²) in [5.74, 6) is -0.180. The number of aliphatic hydroxyl groups is 1. The van der Waals surface area contributed by atoms with Crippen LogP contribution in [0.3, 0.4) is 0 Å². The molecule has 1 aromatic carbocycles. The molecular weight excluding hydrogens is 255 g/mol. The number of nitrogens with one attached hydrogen (secondary N) is 1. The van der Waals surface area contributed by atoms with Gasteiger partial charge < -0.3 is 15.3 Å². The predicted octanol–water partition coefficient (Wildman–Crippen LogP) is 2.57. The Morgan fingerprint density at radius 1 is 1.25 bits per heavy atom. The number of hydrogen-bond donors (Lipinski definition) is 2. The molecule has 3 nitrogen and oxygen atoms in total. The quantitative estimate of drug-likeness (QED) is 0.647. The lowest BCUT2D eigenvalue weighted by Gasteiger charge is -2.22. The van der Waals surface area contributed by atoms with Crippen molar-refractivity contribution in [3.8, 4) is 0 Å². The smallest absolute Gasteiger partial charge is 0.123 e. The van der Waals surface area contributed by atoms with E-state index in [9.17, 15) is 4.39 Å². The van der Waals surface area contributed by atoms with E-state index in [2.05, 4.69) is 17.3 Å². The lowest BCUT2D eigenvalue weighted by Crippen LogP contribution is -2.26. The summed E-state index contributed by atoms with van der Waals surface area (Å²) < 4.78 is 13.2. The fourth-order valence-electron chi connectivity index (χ4n) is 2.33.